The second-order valence-corrected chi connectivity index (χ2v) is 6.44. The number of amides is 1. The summed E-state index contributed by atoms with van der Waals surface area (Å²) in [6, 6.07) is 17.5. The van der Waals surface area contributed by atoms with Crippen molar-refractivity contribution in [1.29, 1.82) is 0 Å². The van der Waals surface area contributed by atoms with Crippen molar-refractivity contribution in [3.63, 3.8) is 0 Å². The quantitative estimate of drug-likeness (QED) is 0.398. The predicted octanol–water partition coefficient (Wildman–Crippen LogP) is 1.93. The Bertz CT molecular complexity index is 988. The molecular weight excluding hydrogens is 375 g/mol. The first kappa shape index (κ1) is 19.7. The van der Waals surface area contributed by atoms with Gasteiger partial charge in [0.2, 0.25) is 0 Å². The van der Waals surface area contributed by atoms with Crippen molar-refractivity contribution in [2.24, 2.45) is 0 Å². The molecule has 1 atom stereocenters. The van der Waals surface area contributed by atoms with Gasteiger partial charge in [-0.05, 0) is 0 Å². The topological polar surface area (TPSA) is 113 Å². The van der Waals surface area contributed by atoms with Crippen LogP contribution in [0.5, 0.6) is 0 Å². The van der Waals surface area contributed by atoms with E-state index in [1.54, 1.807) is 0 Å². The molecule has 0 radical (unpaired) electrons. The standard InChI is InChI=1S/C19H19N6O2P/c26-19(20-11-10-18-22-24-25-23-18)17(21-13-28-27)12-14-6-8-16(9-7-14)15-4-2-1-3-5-15/h1-9,17,21H,10-12H2,(H,20,26)(H,22,23,24,25)/t17-/m0/s1. The third-order valence-corrected chi connectivity index (χ3v) is 4.36. The number of carbonyl (C=O) groups excluding carboxylic acids is 1. The fourth-order valence-electron chi connectivity index (χ4n) is 2.72. The van der Waals surface area contributed by atoms with E-state index >= 15 is 0 Å². The predicted molar refractivity (Wildman–Crippen MR) is 105 cm³/mol. The van der Waals surface area contributed by atoms with Crippen LogP contribution in [-0.2, 0) is 22.2 Å². The molecule has 1 aromatic heterocycles. The minimum atomic E-state index is -0.589. The Labute approximate surface area is 163 Å². The summed E-state index contributed by atoms with van der Waals surface area (Å²) in [5.74, 6) is 2.77. The summed E-state index contributed by atoms with van der Waals surface area (Å²) < 4.78 is 10.7. The molecule has 2 aromatic carbocycles. The SMILES string of the molecule is O=P#CN[C@@H](Cc1ccc(-c2ccccc2)cc1)C(=O)NCCc1nn[nH]n1. The number of aromatic nitrogens is 4. The number of nitrogens with one attached hydrogen (secondary N) is 3. The van der Waals surface area contributed by atoms with E-state index in [2.05, 4.69) is 37.0 Å². The van der Waals surface area contributed by atoms with Crippen molar-refractivity contribution in [1.82, 2.24) is 31.3 Å². The van der Waals surface area contributed by atoms with Gasteiger partial charge in [0.05, 0.1) is 0 Å². The number of tetrazole rings is 1. The van der Waals surface area contributed by atoms with Crippen molar-refractivity contribution >= 4 is 13.8 Å². The number of hydrogen-bond acceptors (Lipinski definition) is 6. The first-order chi connectivity index (χ1) is 13.8. The van der Waals surface area contributed by atoms with Gasteiger partial charge in [-0.3, -0.25) is 0 Å². The molecule has 0 aliphatic rings. The van der Waals surface area contributed by atoms with E-state index in [1.165, 1.54) is 0 Å². The molecule has 142 valence electrons. The van der Waals surface area contributed by atoms with E-state index < -0.39 is 6.04 Å². The minimum absolute atomic E-state index is 0.216. The molecule has 0 spiro atoms. The van der Waals surface area contributed by atoms with E-state index in [4.69, 9.17) is 0 Å². The molecule has 9 heteroatoms. The van der Waals surface area contributed by atoms with Gasteiger partial charge in [-0.15, -0.1) is 0 Å². The summed E-state index contributed by atoms with van der Waals surface area (Å²) in [6.45, 7) is 0.374. The van der Waals surface area contributed by atoms with Crippen LogP contribution in [0.2, 0.25) is 0 Å². The summed E-state index contributed by atoms with van der Waals surface area (Å²) in [5, 5.41) is 19.1. The van der Waals surface area contributed by atoms with Crippen molar-refractivity contribution < 1.29 is 9.36 Å². The molecule has 1 heterocycles. The van der Waals surface area contributed by atoms with Crippen LogP contribution in [0.15, 0.2) is 54.6 Å². The second kappa shape index (κ2) is 10.3. The summed E-state index contributed by atoms with van der Waals surface area (Å²) in [5.41, 5.74) is 3.22. The van der Waals surface area contributed by atoms with Crippen LogP contribution in [0.4, 0.5) is 0 Å². The van der Waals surface area contributed by atoms with Crippen molar-refractivity contribution in [3.05, 3.63) is 66.0 Å². The Hall–Kier alpha value is -3.05. The van der Waals surface area contributed by atoms with Crippen molar-refractivity contribution in [2.75, 3.05) is 6.54 Å². The molecule has 0 fully saturated rings. The Balaban J connectivity index is 1.61. The fraction of sp³-hybridized carbons (Fsp3) is 0.211. The molecular formula is C19H19N6O2P. The summed E-state index contributed by atoms with van der Waals surface area (Å²) >= 11 is 0. The number of carbonyl (C=O) groups is 1. The number of benzene rings is 2. The molecule has 0 aliphatic heterocycles. The first-order valence-corrected chi connectivity index (χ1v) is 9.55. The van der Waals surface area contributed by atoms with Gasteiger partial charge < -0.3 is 0 Å². The zero-order chi connectivity index (χ0) is 19.6. The Morgan fingerprint density at radius 3 is 2.54 bits per heavy atom. The van der Waals surface area contributed by atoms with Gasteiger partial charge in [-0.25, -0.2) is 0 Å². The molecule has 8 nitrogen and oxygen atoms in total. The van der Waals surface area contributed by atoms with Gasteiger partial charge in [0.15, 0.2) is 0 Å². The molecule has 0 bridgehead atoms. The fourth-order valence-corrected chi connectivity index (χ4v) is 2.93. The average molecular weight is 394 g/mol. The van der Waals surface area contributed by atoms with Crippen LogP contribution >= 0.6 is 7.92 Å². The number of hydrogen-bond donors (Lipinski definition) is 3. The van der Waals surface area contributed by atoms with Gasteiger partial charge in [0, 0.05) is 0 Å². The van der Waals surface area contributed by atoms with Gasteiger partial charge >= 0.3 is 163 Å². The van der Waals surface area contributed by atoms with Crippen LogP contribution in [0.1, 0.15) is 11.4 Å². The van der Waals surface area contributed by atoms with Crippen LogP contribution < -0.4 is 10.6 Å². The van der Waals surface area contributed by atoms with Crippen LogP contribution in [0.25, 0.3) is 11.1 Å². The third-order valence-electron chi connectivity index (χ3n) is 4.14. The van der Waals surface area contributed by atoms with Crippen molar-refractivity contribution in [3.8, 4) is 16.9 Å². The van der Waals surface area contributed by atoms with E-state index in [1.807, 2.05) is 54.6 Å². The molecule has 3 N–H and O–H groups in total. The van der Waals surface area contributed by atoms with E-state index in [9.17, 15) is 9.36 Å². The van der Waals surface area contributed by atoms with E-state index in [-0.39, 0.29) is 13.8 Å². The molecule has 3 aromatic rings. The Morgan fingerprint density at radius 2 is 1.86 bits per heavy atom. The Morgan fingerprint density at radius 1 is 1.11 bits per heavy atom. The van der Waals surface area contributed by atoms with Gasteiger partial charge in [-0.1, -0.05) is 0 Å². The molecule has 0 unspecified atom stereocenters. The maximum absolute atomic E-state index is 12.5. The molecule has 3 rings (SSSR count). The van der Waals surface area contributed by atoms with Crippen molar-refractivity contribution in [2.45, 2.75) is 18.9 Å². The van der Waals surface area contributed by atoms with Crippen LogP contribution in [0, 0.1) is 5.75 Å². The molecule has 1 amide bonds. The molecule has 0 saturated heterocycles. The Kier molecular flexibility index (Phi) is 7.27. The zero-order valence-electron chi connectivity index (χ0n) is 15.0. The maximum atomic E-state index is 12.5. The second-order valence-electron chi connectivity index (χ2n) is 6.04. The van der Waals surface area contributed by atoms with Crippen LogP contribution in [-0.4, -0.2) is 39.1 Å². The zero-order valence-corrected chi connectivity index (χ0v) is 15.9. The third kappa shape index (κ3) is 5.72. The summed E-state index contributed by atoms with van der Waals surface area (Å²) in [6.07, 6.45) is 0.902. The van der Waals surface area contributed by atoms with E-state index in [0.29, 0.717) is 25.2 Å². The van der Waals surface area contributed by atoms with Gasteiger partial charge in [0.1, 0.15) is 0 Å². The number of aromatic amines is 1. The monoisotopic (exact) mass is 394 g/mol. The normalized spacial score (nSPS) is 11.4. The first-order valence-electron chi connectivity index (χ1n) is 8.73. The molecule has 28 heavy (non-hydrogen) atoms. The summed E-state index contributed by atoms with van der Waals surface area (Å²) in [4.78, 5) is 12.5. The number of nitrogens with zero attached hydrogens (tertiary/aromatic N) is 3. The van der Waals surface area contributed by atoms with Gasteiger partial charge in [0.25, 0.3) is 0 Å². The summed E-state index contributed by atoms with van der Waals surface area (Å²) in [7, 11) is -0.300. The van der Waals surface area contributed by atoms with E-state index in [0.717, 1.165) is 16.7 Å². The average Bonchev–Trinajstić information content (AvgIpc) is 3.25. The molecule has 0 saturated carbocycles. The van der Waals surface area contributed by atoms with Gasteiger partial charge in [-0.2, -0.15) is 0 Å². The molecule has 0 aliphatic carbocycles. The van der Waals surface area contributed by atoms with Crippen LogP contribution in [0.3, 0.4) is 0 Å². The number of rotatable bonds is 8. The number of H-pyrrole nitrogens is 1.